The maximum atomic E-state index is 6.03. The number of hydrogen-bond acceptors (Lipinski definition) is 2. The molecule has 2 nitrogen and oxygen atoms in total. The highest BCUT2D eigenvalue weighted by molar-refractivity contribution is 5.89. The van der Waals surface area contributed by atoms with Gasteiger partial charge in [-0.3, -0.25) is 0 Å². The van der Waals surface area contributed by atoms with Crippen molar-refractivity contribution in [3.8, 4) is 17.6 Å². The van der Waals surface area contributed by atoms with Crippen molar-refractivity contribution < 1.29 is 4.74 Å². The summed E-state index contributed by atoms with van der Waals surface area (Å²) in [6.07, 6.45) is 0.734. The van der Waals surface area contributed by atoms with E-state index in [-0.39, 0.29) is 6.04 Å². The molecule has 1 unspecified atom stereocenters. The van der Waals surface area contributed by atoms with Crippen LogP contribution in [0.25, 0.3) is 10.8 Å². The van der Waals surface area contributed by atoms with E-state index in [1.165, 1.54) is 5.39 Å². The Hall–Kier alpha value is -1.98. The summed E-state index contributed by atoms with van der Waals surface area (Å²) >= 11 is 0. The summed E-state index contributed by atoms with van der Waals surface area (Å²) in [5.74, 6) is 6.78. The third kappa shape index (κ3) is 3.07. The Morgan fingerprint density at radius 3 is 2.74 bits per heavy atom. The van der Waals surface area contributed by atoms with E-state index in [2.05, 4.69) is 30.0 Å². The van der Waals surface area contributed by atoms with E-state index < -0.39 is 0 Å². The lowest BCUT2D eigenvalue weighted by atomic mass is 10.0. The molecule has 2 aromatic rings. The van der Waals surface area contributed by atoms with Crippen molar-refractivity contribution in [3.63, 3.8) is 0 Å². The zero-order valence-corrected chi connectivity index (χ0v) is 11.4. The summed E-state index contributed by atoms with van der Waals surface area (Å²) in [5, 5.41) is 2.28. The van der Waals surface area contributed by atoms with Crippen molar-refractivity contribution in [1.29, 1.82) is 0 Å². The number of nitrogens with two attached hydrogens (primary N) is 1. The van der Waals surface area contributed by atoms with E-state index in [9.17, 15) is 0 Å². The second kappa shape index (κ2) is 6.26. The molecule has 0 aromatic heterocycles. The van der Waals surface area contributed by atoms with Gasteiger partial charge in [0.15, 0.2) is 0 Å². The van der Waals surface area contributed by atoms with Crippen LogP contribution in [0.4, 0.5) is 0 Å². The van der Waals surface area contributed by atoms with Crippen LogP contribution in [0.15, 0.2) is 36.4 Å². The summed E-state index contributed by atoms with van der Waals surface area (Å²) in [7, 11) is 0. The lowest BCUT2D eigenvalue weighted by Gasteiger charge is -2.16. The molecule has 0 amide bonds. The van der Waals surface area contributed by atoms with Gasteiger partial charge in [0.25, 0.3) is 0 Å². The van der Waals surface area contributed by atoms with Crippen molar-refractivity contribution in [2.75, 3.05) is 6.61 Å². The standard InChI is InChI=1S/C17H19NO/c1-3-4-7-12-19-17-15(13(2)18)11-10-14-8-5-6-9-16(14)17/h5-6,8-11,13H,7,12,18H2,1-2H3. The molecule has 0 radical (unpaired) electrons. The molecule has 2 N–H and O–H groups in total. The van der Waals surface area contributed by atoms with Gasteiger partial charge in [-0.1, -0.05) is 36.4 Å². The van der Waals surface area contributed by atoms with Gasteiger partial charge in [-0.2, -0.15) is 0 Å². The molecule has 0 heterocycles. The minimum Gasteiger partial charge on any atom is -0.492 e. The number of ether oxygens (including phenoxy) is 1. The normalized spacial score (nSPS) is 11.7. The lowest BCUT2D eigenvalue weighted by molar-refractivity contribution is 0.326. The maximum absolute atomic E-state index is 6.03. The molecule has 2 aromatic carbocycles. The molecule has 98 valence electrons. The molecular weight excluding hydrogens is 234 g/mol. The van der Waals surface area contributed by atoms with Crippen LogP contribution in [-0.4, -0.2) is 6.61 Å². The molecule has 0 saturated carbocycles. The van der Waals surface area contributed by atoms with Gasteiger partial charge in [-0.05, 0) is 19.2 Å². The summed E-state index contributed by atoms with van der Waals surface area (Å²) in [4.78, 5) is 0. The van der Waals surface area contributed by atoms with Crippen LogP contribution >= 0.6 is 0 Å². The summed E-state index contributed by atoms with van der Waals surface area (Å²) in [6.45, 7) is 4.41. The monoisotopic (exact) mass is 253 g/mol. The molecule has 19 heavy (non-hydrogen) atoms. The highest BCUT2D eigenvalue weighted by Gasteiger charge is 2.11. The highest BCUT2D eigenvalue weighted by Crippen LogP contribution is 2.32. The van der Waals surface area contributed by atoms with Crippen molar-refractivity contribution in [1.82, 2.24) is 0 Å². The fourth-order valence-corrected chi connectivity index (χ4v) is 2.11. The molecular formula is C17H19NO. The van der Waals surface area contributed by atoms with Gasteiger partial charge in [0, 0.05) is 23.4 Å². The van der Waals surface area contributed by atoms with Crippen molar-refractivity contribution in [2.45, 2.75) is 26.3 Å². The second-order valence-electron chi connectivity index (χ2n) is 4.52. The van der Waals surface area contributed by atoms with Crippen molar-refractivity contribution >= 4 is 10.8 Å². The quantitative estimate of drug-likeness (QED) is 0.666. The van der Waals surface area contributed by atoms with E-state index in [0.29, 0.717) is 6.61 Å². The first-order valence-electron chi connectivity index (χ1n) is 6.53. The van der Waals surface area contributed by atoms with Crippen LogP contribution in [0.5, 0.6) is 5.75 Å². The van der Waals surface area contributed by atoms with Crippen LogP contribution < -0.4 is 10.5 Å². The average Bonchev–Trinajstić information content (AvgIpc) is 2.43. The van der Waals surface area contributed by atoms with E-state index in [1.807, 2.05) is 32.0 Å². The maximum Gasteiger partial charge on any atom is 0.131 e. The van der Waals surface area contributed by atoms with Gasteiger partial charge in [-0.15, -0.1) is 11.8 Å². The van der Waals surface area contributed by atoms with Crippen molar-refractivity contribution in [2.24, 2.45) is 5.73 Å². The Balaban J connectivity index is 2.39. The molecule has 0 bridgehead atoms. The number of benzene rings is 2. The first kappa shape index (κ1) is 13.5. The molecule has 0 aliphatic rings. The molecule has 2 rings (SSSR count). The average molecular weight is 253 g/mol. The molecule has 2 heteroatoms. The molecule has 0 saturated heterocycles. The Labute approximate surface area is 114 Å². The molecule has 0 spiro atoms. The molecule has 0 aliphatic carbocycles. The fraction of sp³-hybridized carbons (Fsp3) is 0.294. The third-order valence-electron chi connectivity index (χ3n) is 3.05. The summed E-state index contributed by atoms with van der Waals surface area (Å²) in [5.41, 5.74) is 7.07. The molecule has 0 aliphatic heterocycles. The Morgan fingerprint density at radius 2 is 2.00 bits per heavy atom. The van der Waals surface area contributed by atoms with Gasteiger partial charge in [0.2, 0.25) is 0 Å². The van der Waals surface area contributed by atoms with E-state index >= 15 is 0 Å². The predicted molar refractivity (Wildman–Crippen MR) is 80.1 cm³/mol. The van der Waals surface area contributed by atoms with E-state index in [0.717, 1.165) is 23.1 Å². The van der Waals surface area contributed by atoms with Crippen molar-refractivity contribution in [3.05, 3.63) is 42.0 Å². The number of hydrogen-bond donors (Lipinski definition) is 1. The van der Waals surface area contributed by atoms with Gasteiger partial charge in [0.1, 0.15) is 5.75 Å². The van der Waals surface area contributed by atoms with Crippen LogP contribution in [-0.2, 0) is 0 Å². The van der Waals surface area contributed by atoms with Gasteiger partial charge in [0.05, 0.1) is 6.61 Å². The van der Waals surface area contributed by atoms with E-state index in [4.69, 9.17) is 10.5 Å². The molecule has 1 atom stereocenters. The number of fused-ring (bicyclic) bond motifs is 1. The fourth-order valence-electron chi connectivity index (χ4n) is 2.11. The smallest absolute Gasteiger partial charge is 0.131 e. The minimum absolute atomic E-state index is 0.0446. The van der Waals surface area contributed by atoms with Crippen LogP contribution in [0.2, 0.25) is 0 Å². The predicted octanol–water partition coefficient (Wildman–Crippen LogP) is 3.65. The largest absolute Gasteiger partial charge is 0.492 e. The van der Waals surface area contributed by atoms with Crippen LogP contribution in [0.1, 0.15) is 31.9 Å². The third-order valence-corrected chi connectivity index (χ3v) is 3.05. The molecule has 0 fully saturated rings. The summed E-state index contributed by atoms with van der Waals surface area (Å²) < 4.78 is 5.93. The second-order valence-corrected chi connectivity index (χ2v) is 4.52. The number of rotatable bonds is 4. The topological polar surface area (TPSA) is 35.2 Å². The first-order valence-corrected chi connectivity index (χ1v) is 6.53. The van der Waals surface area contributed by atoms with Crippen LogP contribution in [0, 0.1) is 11.8 Å². The van der Waals surface area contributed by atoms with Crippen LogP contribution in [0.3, 0.4) is 0 Å². The Morgan fingerprint density at radius 1 is 1.21 bits per heavy atom. The summed E-state index contributed by atoms with van der Waals surface area (Å²) in [6, 6.07) is 12.3. The van der Waals surface area contributed by atoms with Gasteiger partial charge in [-0.25, -0.2) is 0 Å². The first-order chi connectivity index (χ1) is 9.24. The lowest BCUT2D eigenvalue weighted by Crippen LogP contribution is -2.09. The highest BCUT2D eigenvalue weighted by atomic mass is 16.5. The van der Waals surface area contributed by atoms with E-state index in [1.54, 1.807) is 0 Å². The van der Waals surface area contributed by atoms with Gasteiger partial charge >= 0.3 is 0 Å². The Kier molecular flexibility index (Phi) is 4.43. The van der Waals surface area contributed by atoms with Gasteiger partial charge < -0.3 is 10.5 Å². The SMILES string of the molecule is CC#CCCOc1c(C(C)N)ccc2ccccc12. The zero-order valence-electron chi connectivity index (χ0n) is 11.4. The Bertz CT molecular complexity index is 620. The minimum atomic E-state index is -0.0446. The zero-order chi connectivity index (χ0) is 13.7.